The van der Waals surface area contributed by atoms with E-state index in [4.69, 9.17) is 23.2 Å². The van der Waals surface area contributed by atoms with Crippen molar-refractivity contribution in [2.24, 2.45) is 5.92 Å². The van der Waals surface area contributed by atoms with Gasteiger partial charge in [-0.1, -0.05) is 29.3 Å². The van der Waals surface area contributed by atoms with Gasteiger partial charge < -0.3 is 5.32 Å². The molecule has 1 saturated carbocycles. The number of hydrogen-bond donors (Lipinski definition) is 1. The zero-order valence-electron chi connectivity index (χ0n) is 10.3. The number of benzene rings is 1. The Hall–Kier alpha value is -0.280. The normalized spacial score (nSPS) is 23.0. The smallest absolute Gasteiger partial charge is 0.0468 e. The lowest BCUT2D eigenvalue weighted by atomic mass is 9.99. The molecule has 3 rings (SSSR count). The fraction of sp³-hybridized carbons (Fsp3) is 0.571. The van der Waals surface area contributed by atoms with E-state index in [-0.39, 0.29) is 0 Å². The summed E-state index contributed by atoms with van der Waals surface area (Å²) < 4.78 is 0. The largest absolute Gasteiger partial charge is 0.314 e. The van der Waals surface area contributed by atoms with E-state index in [0.29, 0.717) is 6.04 Å². The molecule has 1 N–H and O–H groups in total. The zero-order valence-corrected chi connectivity index (χ0v) is 11.8. The highest BCUT2D eigenvalue weighted by molar-refractivity contribution is 6.35. The molecule has 0 radical (unpaired) electrons. The molecule has 0 aromatic heterocycles. The highest BCUT2D eigenvalue weighted by Gasteiger charge is 2.37. The van der Waals surface area contributed by atoms with Crippen molar-refractivity contribution in [2.75, 3.05) is 26.2 Å². The van der Waals surface area contributed by atoms with E-state index >= 15 is 0 Å². The lowest BCUT2D eigenvalue weighted by Crippen LogP contribution is -2.45. The molecule has 98 valence electrons. The minimum Gasteiger partial charge on any atom is -0.314 e. The predicted octanol–water partition coefficient (Wildman–Crippen LogP) is 3.35. The van der Waals surface area contributed by atoms with Crippen LogP contribution in [0.25, 0.3) is 0 Å². The first kappa shape index (κ1) is 12.7. The summed E-state index contributed by atoms with van der Waals surface area (Å²) in [4.78, 5) is 2.57. The van der Waals surface area contributed by atoms with Gasteiger partial charge in [0.1, 0.15) is 0 Å². The molecule has 1 heterocycles. The van der Waals surface area contributed by atoms with Crippen molar-refractivity contribution < 1.29 is 0 Å². The third-order valence-electron chi connectivity index (χ3n) is 3.89. The first-order valence-corrected chi connectivity index (χ1v) is 7.41. The van der Waals surface area contributed by atoms with Gasteiger partial charge in [-0.3, -0.25) is 4.90 Å². The molecule has 2 nitrogen and oxygen atoms in total. The number of hydrogen-bond acceptors (Lipinski definition) is 2. The second kappa shape index (κ2) is 5.38. The van der Waals surface area contributed by atoms with Gasteiger partial charge in [0.15, 0.2) is 0 Å². The Morgan fingerprint density at radius 1 is 1.17 bits per heavy atom. The summed E-state index contributed by atoms with van der Waals surface area (Å²) >= 11 is 12.4. The van der Waals surface area contributed by atoms with E-state index in [9.17, 15) is 0 Å². The number of rotatable bonds is 3. The molecule has 1 aromatic carbocycles. The molecule has 1 aliphatic carbocycles. The number of nitrogens with one attached hydrogen (secondary N) is 1. The SMILES string of the molecule is Clc1ccc([C@H](C2CC2)N2CCNCC2)c(Cl)c1. The van der Waals surface area contributed by atoms with Crippen LogP contribution in [-0.2, 0) is 0 Å². The lowest BCUT2D eigenvalue weighted by molar-refractivity contribution is 0.156. The molecule has 1 aliphatic heterocycles. The highest BCUT2D eigenvalue weighted by atomic mass is 35.5. The van der Waals surface area contributed by atoms with Crippen LogP contribution in [0.4, 0.5) is 0 Å². The van der Waals surface area contributed by atoms with Crippen molar-refractivity contribution in [1.82, 2.24) is 10.2 Å². The third kappa shape index (κ3) is 2.67. The fourth-order valence-electron chi connectivity index (χ4n) is 2.86. The van der Waals surface area contributed by atoms with E-state index < -0.39 is 0 Å². The molecule has 0 spiro atoms. The van der Waals surface area contributed by atoms with Crippen LogP contribution >= 0.6 is 23.2 Å². The van der Waals surface area contributed by atoms with Gasteiger partial charge in [-0.2, -0.15) is 0 Å². The maximum absolute atomic E-state index is 6.39. The number of nitrogens with zero attached hydrogens (tertiary/aromatic N) is 1. The summed E-state index contributed by atoms with van der Waals surface area (Å²) in [7, 11) is 0. The van der Waals surface area contributed by atoms with Crippen molar-refractivity contribution >= 4 is 23.2 Å². The summed E-state index contributed by atoms with van der Waals surface area (Å²) in [5.41, 5.74) is 1.26. The average molecular weight is 285 g/mol. The minimum absolute atomic E-state index is 0.483. The maximum atomic E-state index is 6.39. The lowest BCUT2D eigenvalue weighted by Gasteiger charge is -2.36. The first-order valence-electron chi connectivity index (χ1n) is 6.65. The van der Waals surface area contributed by atoms with Gasteiger partial charge in [0.25, 0.3) is 0 Å². The zero-order chi connectivity index (χ0) is 12.5. The standard InChI is InChI=1S/C14H18Cl2N2/c15-11-3-4-12(13(16)9-11)14(10-1-2-10)18-7-5-17-6-8-18/h3-4,9-10,14,17H,1-2,5-8H2/t14-/m0/s1. The van der Waals surface area contributed by atoms with Gasteiger partial charge in [0, 0.05) is 42.3 Å². The topological polar surface area (TPSA) is 15.3 Å². The Morgan fingerprint density at radius 2 is 1.89 bits per heavy atom. The molecule has 0 amide bonds. The Labute approximate surface area is 118 Å². The predicted molar refractivity (Wildman–Crippen MR) is 76.4 cm³/mol. The van der Waals surface area contributed by atoms with E-state index in [1.54, 1.807) is 0 Å². The quantitative estimate of drug-likeness (QED) is 0.916. The summed E-state index contributed by atoms with van der Waals surface area (Å²) in [5, 5.41) is 4.95. The highest BCUT2D eigenvalue weighted by Crippen LogP contribution is 2.46. The van der Waals surface area contributed by atoms with Gasteiger partial charge in [0.05, 0.1) is 0 Å². The molecule has 1 atom stereocenters. The third-order valence-corrected chi connectivity index (χ3v) is 4.46. The van der Waals surface area contributed by atoms with Gasteiger partial charge in [0.2, 0.25) is 0 Å². The van der Waals surface area contributed by atoms with E-state index in [2.05, 4.69) is 16.3 Å². The van der Waals surface area contributed by atoms with Crippen molar-refractivity contribution in [3.05, 3.63) is 33.8 Å². The maximum Gasteiger partial charge on any atom is 0.0468 e. The molecule has 1 aromatic rings. The molecule has 0 bridgehead atoms. The van der Waals surface area contributed by atoms with Crippen LogP contribution in [0.15, 0.2) is 18.2 Å². The van der Waals surface area contributed by atoms with Crippen molar-refractivity contribution in [2.45, 2.75) is 18.9 Å². The number of piperazine rings is 1. The molecule has 2 aliphatic rings. The van der Waals surface area contributed by atoms with Crippen LogP contribution < -0.4 is 5.32 Å². The molecule has 1 saturated heterocycles. The minimum atomic E-state index is 0.483. The molecular weight excluding hydrogens is 267 g/mol. The Morgan fingerprint density at radius 3 is 2.50 bits per heavy atom. The van der Waals surface area contributed by atoms with Crippen LogP contribution in [-0.4, -0.2) is 31.1 Å². The van der Waals surface area contributed by atoms with Gasteiger partial charge in [-0.15, -0.1) is 0 Å². The Kier molecular flexibility index (Phi) is 3.81. The van der Waals surface area contributed by atoms with E-state index in [1.807, 2.05) is 12.1 Å². The molecule has 2 fully saturated rings. The van der Waals surface area contributed by atoms with E-state index in [0.717, 1.165) is 42.1 Å². The van der Waals surface area contributed by atoms with Crippen LogP contribution in [0.2, 0.25) is 10.0 Å². The summed E-state index contributed by atoms with van der Waals surface area (Å²) in [6.07, 6.45) is 2.65. The Balaban J connectivity index is 1.88. The number of halogens is 2. The van der Waals surface area contributed by atoms with Crippen molar-refractivity contribution in [3.8, 4) is 0 Å². The first-order chi connectivity index (χ1) is 8.75. The van der Waals surface area contributed by atoms with Crippen LogP contribution in [0.1, 0.15) is 24.4 Å². The second-order valence-corrected chi connectivity index (χ2v) is 6.08. The van der Waals surface area contributed by atoms with Gasteiger partial charge >= 0.3 is 0 Å². The van der Waals surface area contributed by atoms with Crippen LogP contribution in [0.3, 0.4) is 0 Å². The van der Waals surface area contributed by atoms with Gasteiger partial charge in [-0.25, -0.2) is 0 Å². The Bertz CT molecular complexity index is 426. The molecule has 18 heavy (non-hydrogen) atoms. The average Bonchev–Trinajstić information content (AvgIpc) is 3.18. The van der Waals surface area contributed by atoms with Crippen molar-refractivity contribution in [3.63, 3.8) is 0 Å². The summed E-state index contributed by atoms with van der Waals surface area (Å²) in [6, 6.07) is 6.42. The van der Waals surface area contributed by atoms with Crippen LogP contribution in [0, 0.1) is 5.92 Å². The molecule has 4 heteroatoms. The van der Waals surface area contributed by atoms with Crippen molar-refractivity contribution in [1.29, 1.82) is 0 Å². The summed E-state index contributed by atoms with van der Waals surface area (Å²) in [5.74, 6) is 0.779. The van der Waals surface area contributed by atoms with E-state index in [1.165, 1.54) is 18.4 Å². The molecule has 0 unspecified atom stereocenters. The monoisotopic (exact) mass is 284 g/mol. The molecular formula is C14H18Cl2N2. The second-order valence-electron chi connectivity index (χ2n) is 5.23. The fourth-order valence-corrected chi connectivity index (χ4v) is 3.38. The van der Waals surface area contributed by atoms with Gasteiger partial charge in [-0.05, 0) is 36.5 Å². The van der Waals surface area contributed by atoms with Crippen LogP contribution in [0.5, 0.6) is 0 Å². The summed E-state index contributed by atoms with van der Waals surface area (Å²) in [6.45, 7) is 4.38.